The smallest absolute Gasteiger partial charge is 0.407 e. The molecule has 0 bridgehead atoms. The quantitative estimate of drug-likeness (QED) is 0.143. The third-order valence-electron chi connectivity index (χ3n) is 9.37. The molecule has 1 aromatic heterocycles. The van der Waals surface area contributed by atoms with Crippen molar-refractivity contribution in [3.8, 4) is 0 Å². The van der Waals surface area contributed by atoms with Crippen molar-refractivity contribution in [2.24, 2.45) is 0 Å². The van der Waals surface area contributed by atoms with Crippen LogP contribution in [0.5, 0.6) is 0 Å². The predicted molar refractivity (Wildman–Crippen MR) is 193 cm³/mol. The monoisotopic (exact) mass is 698 g/mol. The topological polar surface area (TPSA) is 131 Å². The maximum Gasteiger partial charge on any atom is 0.407 e. The number of morpholine rings is 1. The lowest BCUT2D eigenvalue weighted by Gasteiger charge is -2.35. The number of aryl methyl sites for hydroxylation is 1. The van der Waals surface area contributed by atoms with Crippen LogP contribution in [0.1, 0.15) is 54.7 Å². The van der Waals surface area contributed by atoms with Crippen molar-refractivity contribution in [3.63, 3.8) is 0 Å². The average molecular weight is 699 g/mol. The summed E-state index contributed by atoms with van der Waals surface area (Å²) >= 11 is 1.53. The average Bonchev–Trinajstić information content (AvgIpc) is 3.84. The molecule has 3 heterocycles. The predicted octanol–water partition coefficient (Wildman–Crippen LogP) is 5.63. The van der Waals surface area contributed by atoms with Crippen LogP contribution in [0.4, 0.5) is 10.5 Å². The molecule has 3 aromatic carbocycles. The lowest BCUT2D eigenvalue weighted by Crippen LogP contribution is -2.52. The lowest BCUT2D eigenvalue weighted by molar-refractivity contribution is -0.118. The highest BCUT2D eigenvalue weighted by Crippen LogP contribution is 2.30. The van der Waals surface area contributed by atoms with Gasteiger partial charge in [0.2, 0.25) is 11.8 Å². The summed E-state index contributed by atoms with van der Waals surface area (Å²) in [5, 5.41) is 18.6. The molecule has 0 aliphatic carbocycles. The molecule has 50 heavy (non-hydrogen) atoms. The number of carbonyl (C=O) groups is 2. The van der Waals surface area contributed by atoms with E-state index in [4.69, 9.17) is 13.9 Å². The van der Waals surface area contributed by atoms with Crippen LogP contribution in [0, 0.1) is 0 Å². The van der Waals surface area contributed by atoms with Gasteiger partial charge in [-0.3, -0.25) is 9.69 Å². The van der Waals surface area contributed by atoms with Gasteiger partial charge in [-0.15, -0.1) is 10.2 Å². The van der Waals surface area contributed by atoms with E-state index in [0.29, 0.717) is 35.5 Å². The number of amides is 2. The van der Waals surface area contributed by atoms with E-state index in [0.717, 1.165) is 42.7 Å². The maximum absolute atomic E-state index is 14.1. The molecule has 0 spiro atoms. The maximum atomic E-state index is 14.1. The van der Waals surface area contributed by atoms with Gasteiger partial charge in [0, 0.05) is 29.9 Å². The standard InChI is InChI=1S/C38H46N6O5S/c1-26-32(25-50-38-43-42-33(49-38)24-44-21-11-12-22-44)48-30(23-39-26)20-19-27-13-9-10-18-31(27)40-36(45)35(41-37(46)47-2)34(28-14-5-3-6-15-28)29-16-7-4-8-17-29/h3-10,13-18,26,30,32,34-35,39H,11-12,19-25H2,1-2H3,(H,40,45)(H,41,46)/t26-,30-,32-,35?/m1/s1. The van der Waals surface area contributed by atoms with Crippen LogP contribution >= 0.6 is 11.8 Å². The Bertz CT molecular complexity index is 1630. The fourth-order valence-electron chi connectivity index (χ4n) is 6.63. The van der Waals surface area contributed by atoms with E-state index in [-0.39, 0.29) is 24.2 Å². The molecule has 11 nitrogen and oxygen atoms in total. The van der Waals surface area contributed by atoms with E-state index in [2.05, 4.69) is 38.0 Å². The summed E-state index contributed by atoms with van der Waals surface area (Å²) in [6, 6.07) is 26.4. The van der Waals surface area contributed by atoms with E-state index in [1.807, 2.05) is 84.9 Å². The first-order valence-corrected chi connectivity index (χ1v) is 18.3. The molecule has 1 unspecified atom stereocenters. The first-order valence-electron chi connectivity index (χ1n) is 17.4. The minimum absolute atomic E-state index is 0.0109. The summed E-state index contributed by atoms with van der Waals surface area (Å²) < 4.78 is 17.4. The molecule has 2 fully saturated rings. The number of para-hydroxylation sites is 1. The zero-order valence-electron chi connectivity index (χ0n) is 28.6. The summed E-state index contributed by atoms with van der Waals surface area (Å²) in [6.07, 6.45) is 3.18. The molecule has 2 amide bonds. The number of anilines is 1. The van der Waals surface area contributed by atoms with Crippen LogP contribution in [0.25, 0.3) is 0 Å². The van der Waals surface area contributed by atoms with Gasteiger partial charge in [0.15, 0.2) is 0 Å². The molecule has 2 aliphatic rings. The molecule has 0 radical (unpaired) electrons. The highest BCUT2D eigenvalue weighted by molar-refractivity contribution is 7.99. The Morgan fingerprint density at radius 3 is 2.36 bits per heavy atom. The molecular formula is C38H46N6O5S. The Kier molecular flexibility index (Phi) is 12.5. The largest absolute Gasteiger partial charge is 0.453 e. The number of thioether (sulfide) groups is 1. The molecule has 4 atom stereocenters. The zero-order chi connectivity index (χ0) is 34.7. The summed E-state index contributed by atoms with van der Waals surface area (Å²) in [7, 11) is 1.29. The normalized spacial score (nSPS) is 20.0. The fourth-order valence-corrected chi connectivity index (χ4v) is 7.56. The number of ether oxygens (including phenoxy) is 2. The van der Waals surface area contributed by atoms with Gasteiger partial charge in [-0.2, -0.15) is 0 Å². The minimum atomic E-state index is -0.943. The summed E-state index contributed by atoms with van der Waals surface area (Å²) in [5.41, 5.74) is 3.47. The number of benzene rings is 3. The number of hydrogen-bond donors (Lipinski definition) is 3. The second-order valence-electron chi connectivity index (χ2n) is 12.8. The zero-order valence-corrected chi connectivity index (χ0v) is 29.4. The number of alkyl carbamates (subject to hydrolysis) is 1. The van der Waals surface area contributed by atoms with Crippen LogP contribution in [0.15, 0.2) is 94.6 Å². The molecule has 264 valence electrons. The first kappa shape index (κ1) is 35.6. The Morgan fingerprint density at radius 1 is 0.980 bits per heavy atom. The van der Waals surface area contributed by atoms with Crippen LogP contribution < -0.4 is 16.0 Å². The number of nitrogens with zero attached hydrogens (tertiary/aromatic N) is 3. The van der Waals surface area contributed by atoms with Gasteiger partial charge in [0.05, 0.1) is 25.9 Å². The van der Waals surface area contributed by atoms with Crippen molar-refractivity contribution in [3.05, 3.63) is 108 Å². The van der Waals surface area contributed by atoms with Gasteiger partial charge in [-0.1, -0.05) is 90.6 Å². The number of likely N-dealkylation sites (tertiary alicyclic amines) is 1. The van der Waals surface area contributed by atoms with Crippen LogP contribution in [0.2, 0.25) is 0 Å². The van der Waals surface area contributed by atoms with Crippen molar-refractivity contribution < 1.29 is 23.5 Å². The third kappa shape index (κ3) is 9.51. The Hall–Kier alpha value is -4.23. The Morgan fingerprint density at radius 2 is 1.66 bits per heavy atom. The summed E-state index contributed by atoms with van der Waals surface area (Å²) in [5.74, 6) is 0.566. The number of aromatic nitrogens is 2. The van der Waals surface area contributed by atoms with E-state index >= 15 is 0 Å². The molecule has 4 aromatic rings. The Balaban J connectivity index is 1.09. The Labute approximate surface area is 297 Å². The van der Waals surface area contributed by atoms with Crippen LogP contribution in [-0.2, 0) is 27.2 Å². The first-order chi connectivity index (χ1) is 24.5. The van der Waals surface area contributed by atoms with Crippen LogP contribution in [-0.4, -0.2) is 83.9 Å². The van der Waals surface area contributed by atoms with Gasteiger partial charge < -0.3 is 29.8 Å². The SMILES string of the molecule is COC(=O)NC(C(=O)Nc1ccccc1CC[C@@H]1CN[C@H](C)[C@@H](CSc2nnc(CN3CCCC3)o2)O1)C(c1ccccc1)c1ccccc1. The molecule has 6 rings (SSSR count). The van der Waals surface area contributed by atoms with Crippen molar-refractivity contribution in [1.29, 1.82) is 0 Å². The van der Waals surface area contributed by atoms with Gasteiger partial charge in [0.25, 0.3) is 5.22 Å². The molecular weight excluding hydrogens is 653 g/mol. The van der Waals surface area contributed by atoms with Crippen molar-refractivity contribution in [2.75, 3.05) is 37.8 Å². The van der Waals surface area contributed by atoms with Crippen molar-refractivity contribution in [2.45, 2.75) is 74.6 Å². The van der Waals surface area contributed by atoms with E-state index < -0.39 is 18.1 Å². The van der Waals surface area contributed by atoms with E-state index in [9.17, 15) is 9.59 Å². The van der Waals surface area contributed by atoms with Gasteiger partial charge in [-0.05, 0) is 68.5 Å². The van der Waals surface area contributed by atoms with E-state index in [1.54, 1.807) is 0 Å². The van der Waals surface area contributed by atoms with E-state index in [1.165, 1.54) is 31.7 Å². The number of nitrogens with one attached hydrogen (secondary N) is 3. The molecule has 12 heteroatoms. The third-order valence-corrected chi connectivity index (χ3v) is 10.3. The number of hydrogen-bond acceptors (Lipinski definition) is 10. The highest BCUT2D eigenvalue weighted by atomic mass is 32.2. The number of carbonyl (C=O) groups excluding carboxylic acids is 2. The van der Waals surface area contributed by atoms with Gasteiger partial charge in [0.1, 0.15) is 6.04 Å². The highest BCUT2D eigenvalue weighted by Gasteiger charge is 2.34. The number of methoxy groups -OCH3 is 1. The van der Waals surface area contributed by atoms with Crippen LogP contribution in [0.3, 0.4) is 0 Å². The van der Waals surface area contributed by atoms with Gasteiger partial charge >= 0.3 is 6.09 Å². The molecule has 3 N–H and O–H groups in total. The van der Waals surface area contributed by atoms with Crippen molar-refractivity contribution >= 4 is 29.4 Å². The second-order valence-corrected chi connectivity index (χ2v) is 13.8. The molecule has 0 saturated carbocycles. The van der Waals surface area contributed by atoms with Gasteiger partial charge in [-0.25, -0.2) is 4.79 Å². The molecule has 2 saturated heterocycles. The summed E-state index contributed by atoms with van der Waals surface area (Å²) in [4.78, 5) is 29.1. The second kappa shape index (κ2) is 17.6. The fraction of sp³-hybridized carbons (Fsp3) is 0.421. The molecule has 2 aliphatic heterocycles. The number of rotatable bonds is 14. The minimum Gasteiger partial charge on any atom is -0.453 e. The van der Waals surface area contributed by atoms with Crippen molar-refractivity contribution in [1.82, 2.24) is 25.7 Å². The summed E-state index contributed by atoms with van der Waals surface area (Å²) in [6.45, 7) is 5.74. The lowest BCUT2D eigenvalue weighted by atomic mass is 9.84.